The second kappa shape index (κ2) is 12.0. The number of anilines is 1. The Labute approximate surface area is 231 Å². The molecule has 0 radical (unpaired) electrons. The van der Waals surface area contributed by atoms with Crippen LogP contribution in [0.2, 0.25) is 0 Å². The standard InChI is InChI=1S/C30H41N5O4/c1-20(26-8-6-5-7-23(26)19-38-4)39-29(37)33-28(34(3)32)27(31)22-13-17-35(18-14-22)25-11-9-24(10-12-25)30(15-16-30)21(2)36/h5-12,20,22,36H,2,13-19,31-32H2,1,3-4H3,(H,33,37)/b28-27-. The van der Waals surface area contributed by atoms with Gasteiger partial charge in [-0.25, -0.2) is 10.6 Å². The molecule has 210 valence electrons. The molecule has 0 aromatic heterocycles. The molecule has 2 aromatic rings. The number of nitrogens with one attached hydrogen (secondary N) is 1. The molecule has 4 rings (SSSR count). The molecule has 1 aliphatic carbocycles. The van der Waals surface area contributed by atoms with Gasteiger partial charge in [-0.05, 0) is 61.4 Å². The fourth-order valence-corrected chi connectivity index (χ4v) is 5.43. The van der Waals surface area contributed by atoms with Gasteiger partial charge in [0, 0.05) is 38.9 Å². The number of benzene rings is 2. The third-order valence-electron chi connectivity index (χ3n) is 7.95. The van der Waals surface area contributed by atoms with E-state index in [-0.39, 0.29) is 17.1 Å². The average molecular weight is 536 g/mol. The number of aliphatic hydroxyl groups is 1. The first-order valence-corrected chi connectivity index (χ1v) is 13.4. The Kier molecular flexibility index (Phi) is 8.72. The van der Waals surface area contributed by atoms with Crippen molar-refractivity contribution in [3.05, 3.63) is 89.1 Å². The number of amides is 1. The molecular formula is C30H41N5O4. The zero-order valence-corrected chi connectivity index (χ0v) is 23.2. The van der Waals surface area contributed by atoms with Crippen molar-refractivity contribution in [2.45, 2.75) is 50.7 Å². The van der Waals surface area contributed by atoms with Gasteiger partial charge in [0.2, 0.25) is 0 Å². The Hall–Kier alpha value is -3.69. The number of alkyl carbamates (subject to hydrolysis) is 1. The van der Waals surface area contributed by atoms with Gasteiger partial charge in [-0.3, -0.25) is 10.3 Å². The largest absolute Gasteiger partial charge is 0.512 e. The van der Waals surface area contributed by atoms with E-state index >= 15 is 0 Å². The number of methoxy groups -OCH3 is 1. The Bertz CT molecular complexity index is 1200. The highest BCUT2D eigenvalue weighted by Crippen LogP contribution is 2.52. The molecule has 2 aliphatic rings. The van der Waals surface area contributed by atoms with Gasteiger partial charge in [0.05, 0.1) is 23.5 Å². The fraction of sp³-hybridized carbons (Fsp3) is 0.433. The van der Waals surface area contributed by atoms with Gasteiger partial charge in [0.1, 0.15) is 11.9 Å². The zero-order valence-electron chi connectivity index (χ0n) is 23.2. The van der Waals surface area contributed by atoms with Gasteiger partial charge < -0.3 is 25.2 Å². The van der Waals surface area contributed by atoms with Gasteiger partial charge in [-0.2, -0.15) is 0 Å². The van der Waals surface area contributed by atoms with E-state index in [1.54, 1.807) is 14.2 Å². The molecule has 39 heavy (non-hydrogen) atoms. The Morgan fingerprint density at radius 1 is 1.21 bits per heavy atom. The number of hydrazine groups is 1. The summed E-state index contributed by atoms with van der Waals surface area (Å²) in [6, 6.07) is 16.1. The zero-order chi connectivity index (χ0) is 28.2. The maximum atomic E-state index is 12.8. The third kappa shape index (κ3) is 6.32. The van der Waals surface area contributed by atoms with Crippen molar-refractivity contribution in [3.63, 3.8) is 0 Å². The van der Waals surface area contributed by atoms with Crippen LogP contribution >= 0.6 is 0 Å². The highest BCUT2D eigenvalue weighted by Gasteiger charge is 2.47. The average Bonchev–Trinajstić information content (AvgIpc) is 3.74. The molecule has 0 bridgehead atoms. The summed E-state index contributed by atoms with van der Waals surface area (Å²) in [6.07, 6.45) is 2.42. The predicted octanol–water partition coefficient (Wildman–Crippen LogP) is 4.57. The number of allylic oxidation sites excluding steroid dienone is 2. The van der Waals surface area contributed by atoms with E-state index in [1.165, 1.54) is 5.01 Å². The Morgan fingerprint density at radius 3 is 2.41 bits per heavy atom. The SMILES string of the molecule is C=C(O)C1(c2ccc(N3CCC(/C(N)=C(\NC(=O)OC(C)c4ccccc4COC)N(C)N)CC3)cc2)CC1. The van der Waals surface area contributed by atoms with Crippen molar-refractivity contribution in [2.75, 3.05) is 32.1 Å². The van der Waals surface area contributed by atoms with Crippen LogP contribution in [0.3, 0.4) is 0 Å². The minimum atomic E-state index is -0.624. The maximum Gasteiger partial charge on any atom is 0.413 e. The van der Waals surface area contributed by atoms with Crippen molar-refractivity contribution in [2.24, 2.45) is 17.5 Å². The highest BCUT2D eigenvalue weighted by atomic mass is 16.6. The van der Waals surface area contributed by atoms with Gasteiger partial charge >= 0.3 is 6.09 Å². The van der Waals surface area contributed by atoms with E-state index < -0.39 is 12.2 Å². The first-order chi connectivity index (χ1) is 18.7. The molecule has 1 unspecified atom stereocenters. The lowest BCUT2D eigenvalue weighted by Gasteiger charge is -2.35. The Balaban J connectivity index is 1.37. The topological polar surface area (TPSA) is 126 Å². The van der Waals surface area contributed by atoms with Gasteiger partial charge in [0.15, 0.2) is 0 Å². The van der Waals surface area contributed by atoms with Crippen LogP contribution in [0, 0.1) is 5.92 Å². The first kappa shape index (κ1) is 28.3. The lowest BCUT2D eigenvalue weighted by atomic mass is 9.92. The number of hydrogen-bond donors (Lipinski definition) is 4. The first-order valence-electron chi connectivity index (χ1n) is 13.4. The van der Waals surface area contributed by atoms with Crippen molar-refractivity contribution < 1.29 is 19.4 Å². The molecule has 1 atom stereocenters. The van der Waals surface area contributed by atoms with Crippen molar-refractivity contribution in [1.82, 2.24) is 10.3 Å². The number of hydrogen-bond acceptors (Lipinski definition) is 8. The number of carbonyl (C=O) groups is 1. The highest BCUT2D eigenvalue weighted by molar-refractivity contribution is 5.70. The minimum absolute atomic E-state index is 0.0640. The summed E-state index contributed by atoms with van der Waals surface area (Å²) in [5, 5.41) is 14.1. The van der Waals surface area contributed by atoms with Gasteiger partial charge in [-0.15, -0.1) is 0 Å². The quantitative estimate of drug-likeness (QED) is 0.198. The fourth-order valence-electron chi connectivity index (χ4n) is 5.43. The van der Waals surface area contributed by atoms with Crippen molar-refractivity contribution >= 4 is 11.8 Å². The number of aliphatic hydroxyl groups excluding tert-OH is 1. The molecule has 2 aromatic carbocycles. The van der Waals surface area contributed by atoms with Crippen LogP contribution in [0.5, 0.6) is 0 Å². The number of ether oxygens (including phenoxy) is 2. The summed E-state index contributed by atoms with van der Waals surface area (Å²) in [6.45, 7) is 7.65. The summed E-state index contributed by atoms with van der Waals surface area (Å²) >= 11 is 0. The molecule has 1 saturated carbocycles. The van der Waals surface area contributed by atoms with Crippen LogP contribution in [-0.2, 0) is 21.5 Å². The summed E-state index contributed by atoms with van der Waals surface area (Å²) in [4.78, 5) is 15.1. The van der Waals surface area contributed by atoms with E-state index in [9.17, 15) is 9.90 Å². The number of nitrogens with two attached hydrogens (primary N) is 2. The van der Waals surface area contributed by atoms with Crippen molar-refractivity contribution in [1.29, 1.82) is 0 Å². The van der Waals surface area contributed by atoms with Crippen LogP contribution in [-0.4, -0.2) is 43.5 Å². The van der Waals surface area contributed by atoms with Crippen molar-refractivity contribution in [3.8, 4) is 0 Å². The van der Waals surface area contributed by atoms with E-state index in [0.717, 1.165) is 61.2 Å². The van der Waals surface area contributed by atoms with Crippen LogP contribution < -0.4 is 21.8 Å². The van der Waals surface area contributed by atoms with Crippen LogP contribution in [0.4, 0.5) is 10.5 Å². The number of carbonyl (C=O) groups excluding carboxylic acids is 1. The molecule has 1 aliphatic heterocycles. The lowest BCUT2D eigenvalue weighted by Crippen LogP contribution is -2.42. The van der Waals surface area contributed by atoms with Crippen LogP contribution in [0.15, 0.2) is 72.4 Å². The van der Waals surface area contributed by atoms with E-state index in [0.29, 0.717) is 18.1 Å². The van der Waals surface area contributed by atoms with Crippen LogP contribution in [0.25, 0.3) is 0 Å². The third-order valence-corrected chi connectivity index (χ3v) is 7.95. The molecule has 1 heterocycles. The predicted molar refractivity (Wildman–Crippen MR) is 152 cm³/mol. The summed E-state index contributed by atoms with van der Waals surface area (Å²) in [5.41, 5.74) is 10.9. The van der Waals surface area contributed by atoms with E-state index in [4.69, 9.17) is 21.1 Å². The molecule has 2 fully saturated rings. The molecule has 1 amide bonds. The lowest BCUT2D eigenvalue weighted by molar-refractivity contribution is 0.104. The minimum Gasteiger partial charge on any atom is -0.512 e. The second-order valence-electron chi connectivity index (χ2n) is 10.6. The molecule has 0 spiro atoms. The molecule has 9 nitrogen and oxygen atoms in total. The molecule has 9 heteroatoms. The second-order valence-corrected chi connectivity index (χ2v) is 10.6. The maximum absolute atomic E-state index is 12.8. The monoisotopic (exact) mass is 535 g/mol. The number of nitrogens with zero attached hydrogens (tertiary/aromatic N) is 2. The van der Waals surface area contributed by atoms with Gasteiger partial charge in [-0.1, -0.05) is 43.0 Å². The molecule has 6 N–H and O–H groups in total. The summed E-state index contributed by atoms with van der Waals surface area (Å²) in [7, 11) is 3.27. The van der Waals surface area contributed by atoms with E-state index in [2.05, 4.69) is 41.1 Å². The number of piperidine rings is 1. The number of rotatable bonds is 10. The van der Waals surface area contributed by atoms with Gasteiger partial charge in [0.25, 0.3) is 0 Å². The van der Waals surface area contributed by atoms with E-state index in [1.807, 2.05) is 31.2 Å². The molecule has 1 saturated heterocycles. The smallest absolute Gasteiger partial charge is 0.413 e. The van der Waals surface area contributed by atoms with Crippen LogP contribution in [0.1, 0.15) is 55.4 Å². The summed E-state index contributed by atoms with van der Waals surface area (Å²) < 4.78 is 10.9. The normalized spacial score (nSPS) is 18.1. The Morgan fingerprint density at radius 2 is 1.85 bits per heavy atom. The summed E-state index contributed by atoms with van der Waals surface area (Å²) in [5.74, 6) is 6.73. The molecular weight excluding hydrogens is 494 g/mol.